The number of rotatable bonds is 0. The van der Waals surface area contributed by atoms with Crippen LogP contribution in [-0.2, 0) is 0 Å². The van der Waals surface area contributed by atoms with Crippen molar-refractivity contribution in [2.75, 3.05) is 6.54 Å². The van der Waals surface area contributed by atoms with E-state index >= 15 is 0 Å². The van der Waals surface area contributed by atoms with Crippen molar-refractivity contribution in [3.63, 3.8) is 0 Å². The molecular weight excluding hydrogens is 124 g/mol. The smallest absolute Gasteiger partial charge is 0.0176 e. The molecule has 0 fully saturated rings. The SMILES string of the molecule is C1=CNCC1.P.P. The number of nitrogens with one attached hydrogen (secondary N) is 1. The highest BCUT2D eigenvalue weighted by Gasteiger charge is 1.81. The standard InChI is InChI=1S/C4H7N.2H3P/c1-2-4-5-3-1;;/h1,3,5H,2,4H2;2*1H3. The van der Waals surface area contributed by atoms with Crippen LogP contribution in [0.4, 0.5) is 0 Å². The van der Waals surface area contributed by atoms with E-state index < -0.39 is 0 Å². The molecule has 44 valence electrons. The minimum atomic E-state index is 0. The van der Waals surface area contributed by atoms with Crippen LogP contribution in [0.5, 0.6) is 0 Å². The van der Waals surface area contributed by atoms with Crippen molar-refractivity contribution < 1.29 is 0 Å². The Balaban J connectivity index is 0. The van der Waals surface area contributed by atoms with E-state index in [1.807, 2.05) is 6.20 Å². The van der Waals surface area contributed by atoms with Gasteiger partial charge < -0.3 is 5.32 Å². The first-order valence-corrected chi connectivity index (χ1v) is 1.88. The summed E-state index contributed by atoms with van der Waals surface area (Å²) in [5.74, 6) is 0. The Labute approximate surface area is 51.2 Å². The molecule has 7 heavy (non-hydrogen) atoms. The third kappa shape index (κ3) is 4.25. The zero-order chi connectivity index (χ0) is 3.54. The molecule has 1 aliphatic heterocycles. The van der Waals surface area contributed by atoms with Gasteiger partial charge >= 0.3 is 0 Å². The maximum Gasteiger partial charge on any atom is 0.0176 e. The topological polar surface area (TPSA) is 12.0 Å². The van der Waals surface area contributed by atoms with Crippen LogP contribution in [0.3, 0.4) is 0 Å². The predicted octanol–water partition coefficient (Wildman–Crippen LogP) is 0.610. The van der Waals surface area contributed by atoms with E-state index in [-0.39, 0.29) is 19.8 Å². The summed E-state index contributed by atoms with van der Waals surface area (Å²) in [4.78, 5) is 0. The number of hydrogen-bond acceptors (Lipinski definition) is 1. The van der Waals surface area contributed by atoms with Crippen molar-refractivity contribution in [1.29, 1.82) is 0 Å². The molecule has 0 saturated carbocycles. The van der Waals surface area contributed by atoms with E-state index in [4.69, 9.17) is 0 Å². The molecule has 0 aromatic heterocycles. The van der Waals surface area contributed by atoms with Gasteiger partial charge in [-0.25, -0.2) is 0 Å². The van der Waals surface area contributed by atoms with Gasteiger partial charge in [0.2, 0.25) is 0 Å². The fourth-order valence-electron chi connectivity index (χ4n) is 0.417. The third-order valence-corrected chi connectivity index (χ3v) is 0.691. The molecule has 0 aromatic rings. The fraction of sp³-hybridized carbons (Fsp3) is 0.500. The first kappa shape index (κ1) is 10.4. The predicted molar refractivity (Wildman–Crippen MR) is 44.0 cm³/mol. The lowest BCUT2D eigenvalue weighted by atomic mass is 10.5. The summed E-state index contributed by atoms with van der Waals surface area (Å²) in [6, 6.07) is 0. The fourth-order valence-corrected chi connectivity index (χ4v) is 0.417. The van der Waals surface area contributed by atoms with Gasteiger partial charge in [-0.2, -0.15) is 19.8 Å². The molecule has 1 nitrogen and oxygen atoms in total. The van der Waals surface area contributed by atoms with Crippen LogP contribution < -0.4 is 5.32 Å². The first-order valence-electron chi connectivity index (χ1n) is 1.88. The van der Waals surface area contributed by atoms with Gasteiger partial charge in [-0.05, 0) is 12.6 Å². The highest BCUT2D eigenvalue weighted by atomic mass is 31.0. The summed E-state index contributed by atoms with van der Waals surface area (Å²) in [7, 11) is 0. The van der Waals surface area contributed by atoms with Crippen molar-refractivity contribution in [3.05, 3.63) is 12.3 Å². The average Bonchev–Trinajstić information content (AvgIpc) is 1.76. The first-order chi connectivity index (χ1) is 2.50. The lowest BCUT2D eigenvalue weighted by Crippen LogP contribution is -1.96. The van der Waals surface area contributed by atoms with Crippen LogP contribution in [0.2, 0.25) is 0 Å². The summed E-state index contributed by atoms with van der Waals surface area (Å²) in [5, 5.41) is 3.04. The molecule has 0 spiro atoms. The summed E-state index contributed by atoms with van der Waals surface area (Å²) >= 11 is 0. The average molecular weight is 137 g/mol. The third-order valence-electron chi connectivity index (χ3n) is 0.691. The van der Waals surface area contributed by atoms with Gasteiger partial charge in [-0.1, -0.05) is 6.08 Å². The summed E-state index contributed by atoms with van der Waals surface area (Å²) < 4.78 is 0. The summed E-state index contributed by atoms with van der Waals surface area (Å²) in [5.41, 5.74) is 0. The molecule has 1 heterocycles. The molecule has 1 N–H and O–H groups in total. The lowest BCUT2D eigenvalue weighted by molar-refractivity contribution is 0.917. The largest absolute Gasteiger partial charge is 0.391 e. The van der Waals surface area contributed by atoms with E-state index in [0.29, 0.717) is 0 Å². The van der Waals surface area contributed by atoms with Gasteiger partial charge in [-0.15, -0.1) is 0 Å². The van der Waals surface area contributed by atoms with Crippen LogP contribution in [0.25, 0.3) is 0 Å². The molecule has 0 aliphatic carbocycles. The molecule has 0 amide bonds. The van der Waals surface area contributed by atoms with Crippen LogP contribution in [0, 0.1) is 0 Å². The molecular formula is C4H13NP2. The van der Waals surface area contributed by atoms with Crippen LogP contribution in [0.15, 0.2) is 12.3 Å². The van der Waals surface area contributed by atoms with Crippen LogP contribution in [0.1, 0.15) is 6.42 Å². The Morgan fingerprint density at radius 1 is 1.29 bits per heavy atom. The Morgan fingerprint density at radius 3 is 2.14 bits per heavy atom. The normalized spacial score (nSPS) is 13.7. The highest BCUT2D eigenvalue weighted by Crippen LogP contribution is 1.84. The van der Waals surface area contributed by atoms with Crippen LogP contribution >= 0.6 is 19.8 Å². The molecule has 2 unspecified atom stereocenters. The molecule has 0 aromatic carbocycles. The molecule has 0 bridgehead atoms. The molecule has 0 radical (unpaired) electrons. The Morgan fingerprint density at radius 2 is 2.00 bits per heavy atom. The van der Waals surface area contributed by atoms with E-state index in [1.54, 1.807) is 0 Å². The monoisotopic (exact) mass is 137 g/mol. The zero-order valence-electron chi connectivity index (χ0n) is 4.48. The minimum Gasteiger partial charge on any atom is -0.391 e. The molecule has 1 rings (SSSR count). The highest BCUT2D eigenvalue weighted by molar-refractivity contribution is 6.92. The van der Waals surface area contributed by atoms with Gasteiger partial charge in [0.05, 0.1) is 0 Å². The van der Waals surface area contributed by atoms with Crippen molar-refractivity contribution in [2.45, 2.75) is 6.42 Å². The van der Waals surface area contributed by atoms with Crippen molar-refractivity contribution in [1.82, 2.24) is 5.32 Å². The van der Waals surface area contributed by atoms with Gasteiger partial charge in [-0.3, -0.25) is 0 Å². The van der Waals surface area contributed by atoms with Gasteiger partial charge in [0.15, 0.2) is 0 Å². The summed E-state index contributed by atoms with van der Waals surface area (Å²) in [6.45, 7) is 1.14. The molecule has 3 heteroatoms. The van der Waals surface area contributed by atoms with E-state index in [9.17, 15) is 0 Å². The molecule has 0 saturated heterocycles. The van der Waals surface area contributed by atoms with Gasteiger partial charge in [0.1, 0.15) is 0 Å². The number of hydrogen-bond donors (Lipinski definition) is 1. The van der Waals surface area contributed by atoms with Gasteiger partial charge in [0, 0.05) is 6.54 Å². The quantitative estimate of drug-likeness (QED) is 0.482. The Bertz CT molecular complexity index is 47.7. The van der Waals surface area contributed by atoms with Crippen molar-refractivity contribution in [3.8, 4) is 0 Å². The van der Waals surface area contributed by atoms with Crippen molar-refractivity contribution in [2.24, 2.45) is 0 Å². The second kappa shape index (κ2) is 6.40. The van der Waals surface area contributed by atoms with E-state index in [0.717, 1.165) is 6.54 Å². The Hall–Kier alpha value is 0.400. The second-order valence-corrected chi connectivity index (χ2v) is 1.15. The zero-order valence-corrected chi connectivity index (χ0v) is 7.31. The van der Waals surface area contributed by atoms with Crippen LogP contribution in [-0.4, -0.2) is 6.54 Å². The summed E-state index contributed by atoms with van der Waals surface area (Å²) in [6.07, 6.45) is 5.32. The molecule has 2 atom stereocenters. The Kier molecular flexibility index (Phi) is 9.50. The van der Waals surface area contributed by atoms with E-state index in [2.05, 4.69) is 11.4 Å². The second-order valence-electron chi connectivity index (χ2n) is 1.15. The maximum atomic E-state index is 3.04. The molecule has 1 aliphatic rings. The van der Waals surface area contributed by atoms with E-state index in [1.165, 1.54) is 6.42 Å². The maximum absolute atomic E-state index is 3.04. The lowest BCUT2D eigenvalue weighted by Gasteiger charge is -1.78. The van der Waals surface area contributed by atoms with Crippen molar-refractivity contribution >= 4 is 19.8 Å². The van der Waals surface area contributed by atoms with Gasteiger partial charge in [0.25, 0.3) is 0 Å². The minimum absolute atomic E-state index is 0.